The van der Waals surface area contributed by atoms with Crippen molar-refractivity contribution in [3.05, 3.63) is 78.5 Å². The Morgan fingerprint density at radius 3 is 2.71 bits per heavy atom. The maximum absolute atomic E-state index is 11.0. The molecule has 2 aliphatic heterocycles. The van der Waals surface area contributed by atoms with Crippen LogP contribution in [0.2, 0.25) is 0 Å². The number of nitrogens with zero attached hydrogens (tertiary/aromatic N) is 3. The van der Waals surface area contributed by atoms with Crippen LogP contribution in [0.1, 0.15) is 5.56 Å². The van der Waals surface area contributed by atoms with E-state index < -0.39 is 6.23 Å². The summed E-state index contributed by atoms with van der Waals surface area (Å²) >= 11 is 1.76. The summed E-state index contributed by atoms with van der Waals surface area (Å²) in [6.45, 7) is 3.59. The van der Waals surface area contributed by atoms with Gasteiger partial charge in [-0.05, 0) is 42.3 Å². The summed E-state index contributed by atoms with van der Waals surface area (Å²) < 4.78 is 5.96. The highest BCUT2D eigenvalue weighted by atomic mass is 32.2. The number of anilines is 2. The maximum atomic E-state index is 11.0. The lowest BCUT2D eigenvalue weighted by atomic mass is 10.1. The molecule has 0 saturated carbocycles. The van der Waals surface area contributed by atoms with Crippen molar-refractivity contribution in [3.8, 4) is 11.5 Å². The number of aliphatic hydroxyl groups excluding tert-OH is 1. The van der Waals surface area contributed by atoms with Gasteiger partial charge in [0.1, 0.15) is 17.7 Å². The number of para-hydroxylation sites is 1. The highest BCUT2D eigenvalue weighted by Gasteiger charge is 2.33. The van der Waals surface area contributed by atoms with E-state index in [1.807, 2.05) is 60.8 Å². The van der Waals surface area contributed by atoms with Gasteiger partial charge in [0.05, 0.1) is 10.8 Å². The zero-order valence-corrected chi connectivity index (χ0v) is 20.0. The molecule has 1 aromatic heterocycles. The van der Waals surface area contributed by atoms with Gasteiger partial charge in [0.25, 0.3) is 0 Å². The number of hydrogen-bond acceptors (Lipinski definition) is 8. The number of thioether (sulfide) groups is 1. The minimum atomic E-state index is -0.462. The number of hydrogen-bond donors (Lipinski definition) is 3. The van der Waals surface area contributed by atoms with Crippen LogP contribution < -0.4 is 15.4 Å². The van der Waals surface area contributed by atoms with Crippen LogP contribution in [0.4, 0.5) is 11.6 Å². The predicted molar refractivity (Wildman–Crippen MR) is 140 cm³/mol. The quantitative estimate of drug-likeness (QED) is 0.371. The minimum Gasteiger partial charge on any atom is -0.457 e. The summed E-state index contributed by atoms with van der Waals surface area (Å²) in [5.74, 6) is 2.07. The van der Waals surface area contributed by atoms with E-state index in [0.29, 0.717) is 5.95 Å². The molecular weight excluding hydrogens is 458 g/mol. The Kier molecular flexibility index (Phi) is 6.26. The molecule has 6 rings (SSSR count). The molecule has 1 fully saturated rings. The van der Waals surface area contributed by atoms with Crippen molar-refractivity contribution in [1.29, 1.82) is 0 Å². The Bertz CT molecular complexity index is 1330. The molecule has 8 heteroatoms. The molecule has 7 nitrogen and oxygen atoms in total. The third kappa shape index (κ3) is 4.83. The van der Waals surface area contributed by atoms with Crippen LogP contribution in [0.5, 0.6) is 11.5 Å². The Labute approximate surface area is 208 Å². The van der Waals surface area contributed by atoms with Crippen LogP contribution in [0.25, 0.3) is 10.9 Å². The van der Waals surface area contributed by atoms with Gasteiger partial charge in [0.2, 0.25) is 5.95 Å². The zero-order chi connectivity index (χ0) is 23.6. The van der Waals surface area contributed by atoms with E-state index in [1.54, 1.807) is 11.8 Å². The summed E-state index contributed by atoms with van der Waals surface area (Å²) in [7, 11) is 0. The molecule has 0 aliphatic carbocycles. The molecule has 2 aliphatic rings. The molecule has 0 bridgehead atoms. The molecule has 4 aromatic rings. The number of nitrogens with one attached hydrogen (secondary N) is 2. The fourth-order valence-electron chi connectivity index (χ4n) is 4.65. The molecule has 0 amide bonds. The first-order valence-corrected chi connectivity index (χ1v) is 12.8. The van der Waals surface area contributed by atoms with E-state index in [0.717, 1.165) is 60.7 Å². The molecule has 3 heterocycles. The van der Waals surface area contributed by atoms with Gasteiger partial charge >= 0.3 is 0 Å². The third-order valence-electron chi connectivity index (χ3n) is 6.43. The molecule has 2 atom stereocenters. The van der Waals surface area contributed by atoms with Crippen molar-refractivity contribution in [2.75, 3.05) is 31.5 Å². The van der Waals surface area contributed by atoms with E-state index in [-0.39, 0.29) is 5.25 Å². The van der Waals surface area contributed by atoms with Crippen molar-refractivity contribution < 1.29 is 9.84 Å². The molecule has 2 unspecified atom stereocenters. The average Bonchev–Trinajstić information content (AvgIpc) is 3.35. The molecule has 3 N–H and O–H groups in total. The van der Waals surface area contributed by atoms with Crippen LogP contribution in [0.3, 0.4) is 0 Å². The lowest BCUT2D eigenvalue weighted by Gasteiger charge is -2.34. The van der Waals surface area contributed by atoms with Gasteiger partial charge in [-0.2, -0.15) is 0 Å². The second kappa shape index (κ2) is 9.83. The minimum absolute atomic E-state index is 0.104. The van der Waals surface area contributed by atoms with Crippen LogP contribution in [-0.2, 0) is 6.42 Å². The molecule has 0 spiro atoms. The summed E-state index contributed by atoms with van der Waals surface area (Å²) in [6.07, 6.45) is 2.19. The first kappa shape index (κ1) is 22.3. The lowest BCUT2D eigenvalue weighted by Crippen LogP contribution is -2.51. The van der Waals surface area contributed by atoms with Crippen molar-refractivity contribution >= 4 is 34.3 Å². The average molecular weight is 486 g/mol. The fourth-order valence-corrected chi connectivity index (χ4v) is 5.99. The Morgan fingerprint density at radius 1 is 1.03 bits per heavy atom. The first-order chi connectivity index (χ1) is 17.2. The first-order valence-electron chi connectivity index (χ1n) is 11.9. The molecule has 178 valence electrons. The molecule has 35 heavy (non-hydrogen) atoms. The molecule has 3 aromatic carbocycles. The van der Waals surface area contributed by atoms with Gasteiger partial charge in [0.15, 0.2) is 0 Å². The van der Waals surface area contributed by atoms with Crippen LogP contribution in [0, 0.1) is 0 Å². The number of aromatic nitrogens is 2. The van der Waals surface area contributed by atoms with E-state index in [4.69, 9.17) is 9.72 Å². The van der Waals surface area contributed by atoms with Crippen LogP contribution >= 0.6 is 11.8 Å². The van der Waals surface area contributed by atoms with E-state index in [1.165, 1.54) is 10.5 Å². The van der Waals surface area contributed by atoms with Crippen molar-refractivity contribution in [1.82, 2.24) is 20.2 Å². The van der Waals surface area contributed by atoms with Gasteiger partial charge in [0, 0.05) is 54.4 Å². The summed E-state index contributed by atoms with van der Waals surface area (Å²) in [5, 5.41) is 18.8. The topological polar surface area (TPSA) is 82.5 Å². The van der Waals surface area contributed by atoms with E-state index in [2.05, 4.69) is 32.7 Å². The largest absolute Gasteiger partial charge is 0.457 e. The molecular formula is C27H27N5O2S. The number of rotatable bonds is 6. The van der Waals surface area contributed by atoms with Crippen LogP contribution in [-0.4, -0.2) is 57.6 Å². The maximum Gasteiger partial charge on any atom is 0.227 e. The number of fused-ring (bicyclic) bond motifs is 3. The van der Waals surface area contributed by atoms with Gasteiger partial charge in [-0.1, -0.05) is 30.3 Å². The highest BCUT2D eigenvalue weighted by molar-refractivity contribution is 8.00. The van der Waals surface area contributed by atoms with Gasteiger partial charge in [-0.25, -0.2) is 9.97 Å². The van der Waals surface area contributed by atoms with Gasteiger partial charge < -0.3 is 20.5 Å². The van der Waals surface area contributed by atoms with Gasteiger partial charge in [-0.15, -0.1) is 11.8 Å². The van der Waals surface area contributed by atoms with Gasteiger partial charge in [-0.3, -0.25) is 4.90 Å². The van der Waals surface area contributed by atoms with Crippen LogP contribution in [0.15, 0.2) is 77.8 Å². The monoisotopic (exact) mass is 485 g/mol. The Morgan fingerprint density at radius 2 is 1.86 bits per heavy atom. The predicted octanol–water partition coefficient (Wildman–Crippen LogP) is 4.41. The number of piperazine rings is 1. The highest BCUT2D eigenvalue weighted by Crippen LogP contribution is 2.42. The smallest absolute Gasteiger partial charge is 0.227 e. The summed E-state index contributed by atoms with van der Waals surface area (Å²) in [6, 6.07) is 21.7. The second-order valence-corrected chi connectivity index (χ2v) is 10.1. The SMILES string of the molecule is OC(C1Cc2c(ccc3cnc(Nc4cccc(Oc5ccccc5)c4)nc23)S1)N1CCNCC1. The fraction of sp³-hybridized carbons (Fsp3) is 0.259. The standard InChI is InChI=1S/C27H27N5O2S/c33-26(32-13-11-28-12-14-32)24-16-22-23(35-24)10-9-18-17-29-27(31-25(18)22)30-19-5-4-8-21(15-19)34-20-6-2-1-3-7-20/h1-10,15,17,24,26,28,33H,11-14,16H2,(H,29,30,31). The van der Waals surface area contributed by atoms with Crippen molar-refractivity contribution in [3.63, 3.8) is 0 Å². The van der Waals surface area contributed by atoms with E-state index in [9.17, 15) is 5.11 Å². The third-order valence-corrected chi connectivity index (χ3v) is 7.77. The Balaban J connectivity index is 1.22. The Hall–Kier alpha value is -3.17. The zero-order valence-electron chi connectivity index (χ0n) is 19.2. The number of aliphatic hydroxyl groups is 1. The lowest BCUT2D eigenvalue weighted by molar-refractivity contribution is -0.00371. The molecule has 0 radical (unpaired) electrons. The van der Waals surface area contributed by atoms with Crippen molar-refractivity contribution in [2.24, 2.45) is 0 Å². The van der Waals surface area contributed by atoms with E-state index >= 15 is 0 Å². The number of ether oxygens (including phenoxy) is 1. The number of benzene rings is 3. The summed E-state index contributed by atoms with van der Waals surface area (Å²) in [5.41, 5.74) is 2.99. The normalized spacial score (nSPS) is 18.8. The second-order valence-electron chi connectivity index (χ2n) is 8.80. The molecule has 1 saturated heterocycles. The van der Waals surface area contributed by atoms with Crippen molar-refractivity contribution in [2.45, 2.75) is 22.8 Å². The summed E-state index contributed by atoms with van der Waals surface area (Å²) in [4.78, 5) is 12.8.